The standard InChI is InChI=1S/C10H12N4O4S.ClH/c11-10(9(17)18)1-3(19-4-2-12-14-13-4)5-6(7(5)10)8(15)16;/h2-3,5-7H,1,11H2,(H,15,16)(H,17,18)(H,12,13,14);1H/t3-,5-,6-,7-,10-;/m0./s1. The lowest BCUT2D eigenvalue weighted by Crippen LogP contribution is -2.50. The fourth-order valence-electron chi connectivity index (χ4n) is 3.14. The van der Waals surface area contributed by atoms with Gasteiger partial charge in [-0.1, -0.05) is 17.0 Å². The third-order valence-corrected chi connectivity index (χ3v) is 5.21. The van der Waals surface area contributed by atoms with Gasteiger partial charge >= 0.3 is 11.9 Å². The molecule has 10 heteroatoms. The number of carboxylic acids is 2. The van der Waals surface area contributed by atoms with Crippen molar-refractivity contribution < 1.29 is 19.8 Å². The maximum atomic E-state index is 11.3. The Hall–Kier alpha value is -1.32. The molecule has 8 nitrogen and oxygen atoms in total. The normalized spacial score (nSPS) is 37.9. The number of aliphatic carboxylic acids is 2. The van der Waals surface area contributed by atoms with Gasteiger partial charge in [0.15, 0.2) is 0 Å². The Morgan fingerprint density at radius 2 is 2.20 bits per heavy atom. The second kappa shape index (κ2) is 4.90. The molecule has 0 aromatic carbocycles. The van der Waals surface area contributed by atoms with E-state index in [9.17, 15) is 14.7 Å². The summed E-state index contributed by atoms with van der Waals surface area (Å²) in [5, 5.41) is 28.8. The molecule has 5 atom stereocenters. The Morgan fingerprint density at radius 1 is 1.50 bits per heavy atom. The van der Waals surface area contributed by atoms with Crippen molar-refractivity contribution in [2.24, 2.45) is 23.5 Å². The van der Waals surface area contributed by atoms with Gasteiger partial charge in [-0.25, -0.2) is 0 Å². The van der Waals surface area contributed by atoms with Gasteiger partial charge in [-0.2, -0.15) is 0 Å². The molecule has 1 aromatic heterocycles. The van der Waals surface area contributed by atoms with Gasteiger partial charge in [-0.3, -0.25) is 14.7 Å². The zero-order valence-electron chi connectivity index (χ0n) is 10.1. The third kappa shape index (κ3) is 2.05. The topological polar surface area (TPSA) is 142 Å². The number of carboxylic acid groups (broad SMARTS) is 2. The van der Waals surface area contributed by atoms with E-state index in [1.54, 1.807) is 6.20 Å². The molecule has 5 N–H and O–H groups in total. The largest absolute Gasteiger partial charge is 0.481 e. The van der Waals surface area contributed by atoms with E-state index >= 15 is 0 Å². The molecule has 2 saturated carbocycles. The van der Waals surface area contributed by atoms with E-state index in [0.29, 0.717) is 5.03 Å². The monoisotopic (exact) mass is 320 g/mol. The van der Waals surface area contributed by atoms with E-state index < -0.39 is 29.3 Å². The number of hydrogen-bond donors (Lipinski definition) is 4. The molecule has 0 radical (unpaired) electrons. The van der Waals surface area contributed by atoms with Crippen LogP contribution in [-0.2, 0) is 9.59 Å². The Bertz CT molecular complexity index is 541. The second-order valence-electron chi connectivity index (χ2n) is 4.98. The highest BCUT2D eigenvalue weighted by Gasteiger charge is 2.74. The van der Waals surface area contributed by atoms with Gasteiger partial charge < -0.3 is 15.9 Å². The molecule has 2 aliphatic carbocycles. The summed E-state index contributed by atoms with van der Waals surface area (Å²) in [5.74, 6) is -3.47. The summed E-state index contributed by atoms with van der Waals surface area (Å²) in [6.07, 6.45) is 1.84. The zero-order chi connectivity index (χ0) is 13.8. The van der Waals surface area contributed by atoms with Crippen LogP contribution in [0.1, 0.15) is 6.42 Å². The van der Waals surface area contributed by atoms with E-state index in [2.05, 4.69) is 15.4 Å². The van der Waals surface area contributed by atoms with Crippen LogP contribution in [0.2, 0.25) is 0 Å². The smallest absolute Gasteiger partial charge is 0.324 e. The lowest BCUT2D eigenvalue weighted by Gasteiger charge is -2.23. The predicted octanol–water partition coefficient (Wildman–Crippen LogP) is -0.180. The fraction of sp³-hybridized carbons (Fsp3) is 0.600. The van der Waals surface area contributed by atoms with E-state index in [4.69, 9.17) is 10.8 Å². The Labute approximate surface area is 123 Å². The number of carbonyl (C=O) groups is 2. The van der Waals surface area contributed by atoms with Crippen molar-refractivity contribution in [3.05, 3.63) is 6.20 Å². The molecular formula is C10H13ClN4O4S. The number of aromatic amines is 1. The number of fused-ring (bicyclic) bond motifs is 1. The van der Waals surface area contributed by atoms with Crippen molar-refractivity contribution in [3.63, 3.8) is 0 Å². The van der Waals surface area contributed by atoms with Gasteiger partial charge in [-0.05, 0) is 12.3 Å². The number of aromatic nitrogens is 3. The number of nitrogens with one attached hydrogen (secondary N) is 1. The van der Waals surface area contributed by atoms with Crippen LogP contribution in [0.3, 0.4) is 0 Å². The highest BCUT2D eigenvalue weighted by Crippen LogP contribution is 2.65. The lowest BCUT2D eigenvalue weighted by atomic mass is 9.91. The minimum absolute atomic E-state index is 0. The van der Waals surface area contributed by atoms with Gasteiger partial charge in [-0.15, -0.1) is 17.5 Å². The number of H-pyrrole nitrogens is 1. The van der Waals surface area contributed by atoms with Crippen LogP contribution in [0.5, 0.6) is 0 Å². The van der Waals surface area contributed by atoms with Crippen molar-refractivity contribution in [3.8, 4) is 0 Å². The van der Waals surface area contributed by atoms with E-state index in [-0.39, 0.29) is 30.0 Å². The van der Waals surface area contributed by atoms with E-state index in [1.807, 2.05) is 0 Å². The van der Waals surface area contributed by atoms with Crippen LogP contribution in [0.15, 0.2) is 11.2 Å². The minimum Gasteiger partial charge on any atom is -0.481 e. The first-order chi connectivity index (χ1) is 8.95. The Morgan fingerprint density at radius 3 is 2.70 bits per heavy atom. The van der Waals surface area contributed by atoms with Gasteiger partial charge in [0, 0.05) is 11.2 Å². The number of thioether (sulfide) groups is 1. The van der Waals surface area contributed by atoms with Gasteiger partial charge in [0.25, 0.3) is 0 Å². The average molecular weight is 321 g/mol. The average Bonchev–Trinajstić information content (AvgIpc) is 2.77. The number of halogens is 1. The van der Waals surface area contributed by atoms with Crippen LogP contribution in [0, 0.1) is 17.8 Å². The summed E-state index contributed by atoms with van der Waals surface area (Å²) in [7, 11) is 0. The number of hydrogen-bond acceptors (Lipinski definition) is 6. The second-order valence-corrected chi connectivity index (χ2v) is 6.24. The summed E-state index contributed by atoms with van der Waals surface area (Å²) in [6.45, 7) is 0. The maximum Gasteiger partial charge on any atom is 0.324 e. The minimum atomic E-state index is -1.45. The third-order valence-electron chi connectivity index (χ3n) is 3.99. The highest BCUT2D eigenvalue weighted by molar-refractivity contribution is 7.99. The molecule has 20 heavy (non-hydrogen) atoms. The molecule has 110 valence electrons. The van der Waals surface area contributed by atoms with Crippen molar-refractivity contribution in [2.45, 2.75) is 22.2 Å². The van der Waals surface area contributed by atoms with Crippen LogP contribution < -0.4 is 5.73 Å². The van der Waals surface area contributed by atoms with E-state index in [1.165, 1.54) is 11.8 Å². The van der Waals surface area contributed by atoms with E-state index in [0.717, 1.165) is 0 Å². The summed E-state index contributed by atoms with van der Waals surface area (Å²) in [4.78, 5) is 22.5. The quantitative estimate of drug-likeness (QED) is 0.598. The summed E-state index contributed by atoms with van der Waals surface area (Å²) < 4.78 is 0. The van der Waals surface area contributed by atoms with Crippen LogP contribution in [0.4, 0.5) is 0 Å². The fourth-order valence-corrected chi connectivity index (χ4v) is 4.51. The molecular weight excluding hydrogens is 308 g/mol. The molecule has 0 aliphatic heterocycles. The highest BCUT2D eigenvalue weighted by atomic mass is 35.5. The molecule has 0 unspecified atom stereocenters. The van der Waals surface area contributed by atoms with Crippen molar-refractivity contribution >= 4 is 36.1 Å². The maximum absolute atomic E-state index is 11.3. The molecule has 0 amide bonds. The predicted molar refractivity (Wildman–Crippen MR) is 70.6 cm³/mol. The van der Waals surface area contributed by atoms with Crippen LogP contribution in [-0.4, -0.2) is 48.4 Å². The number of nitrogens with two attached hydrogens (primary N) is 1. The molecule has 3 rings (SSSR count). The summed E-state index contributed by atoms with van der Waals surface area (Å²) in [5.41, 5.74) is 4.47. The lowest BCUT2D eigenvalue weighted by molar-refractivity contribution is -0.145. The first-order valence-electron chi connectivity index (χ1n) is 5.73. The molecule has 2 aliphatic rings. The molecule has 0 bridgehead atoms. The van der Waals surface area contributed by atoms with Gasteiger partial charge in [0.1, 0.15) is 10.6 Å². The molecule has 1 heterocycles. The first kappa shape index (κ1) is 15.1. The van der Waals surface area contributed by atoms with Gasteiger partial charge in [0.05, 0.1) is 12.1 Å². The molecule has 1 aromatic rings. The van der Waals surface area contributed by atoms with Crippen LogP contribution in [0.25, 0.3) is 0 Å². The van der Waals surface area contributed by atoms with Crippen molar-refractivity contribution in [1.29, 1.82) is 0 Å². The number of nitrogens with zero attached hydrogens (tertiary/aromatic N) is 2. The van der Waals surface area contributed by atoms with Crippen molar-refractivity contribution in [2.75, 3.05) is 0 Å². The van der Waals surface area contributed by atoms with Gasteiger partial charge in [0.2, 0.25) is 0 Å². The van der Waals surface area contributed by atoms with Crippen LogP contribution >= 0.6 is 24.2 Å². The number of rotatable bonds is 4. The molecule has 2 fully saturated rings. The summed E-state index contributed by atoms with van der Waals surface area (Å²) >= 11 is 1.34. The Balaban J connectivity index is 0.00000147. The van der Waals surface area contributed by atoms with Crippen molar-refractivity contribution in [1.82, 2.24) is 15.4 Å². The Kier molecular flexibility index (Phi) is 3.69. The molecule has 0 spiro atoms. The first-order valence-corrected chi connectivity index (χ1v) is 6.61. The zero-order valence-corrected chi connectivity index (χ0v) is 11.7. The SMILES string of the molecule is Cl.N[C@@]1(C(=O)O)C[C@H](Sc2c[nH]nn2)[C@H]2[C@H](C(=O)O)[C@H]21. The summed E-state index contributed by atoms with van der Waals surface area (Å²) in [6, 6.07) is 0. The molecule has 0 saturated heterocycles.